The average Bonchev–Trinajstić information content (AvgIpc) is 2.98. The van der Waals surface area contributed by atoms with E-state index in [0.29, 0.717) is 23.3 Å². The quantitative estimate of drug-likeness (QED) is 0.238. The predicted octanol–water partition coefficient (Wildman–Crippen LogP) is 3.45. The summed E-state index contributed by atoms with van der Waals surface area (Å²) in [4.78, 5) is 37.4. The first-order valence-electron chi connectivity index (χ1n) is 9.62. The molecule has 1 atom stereocenters. The van der Waals surface area contributed by atoms with Crippen molar-refractivity contribution in [1.82, 2.24) is 4.90 Å². The number of Topliss-reactive ketones (excluding diaryl/α,β-unsaturated/α-hetero) is 1. The van der Waals surface area contributed by atoms with E-state index in [1.807, 2.05) is 6.92 Å². The standard InChI is InChI=1S/C22H22N2O7/c1-4-9-23-19(13-5-8-17(25)16(11-13)24(29)30)18(21(27)22(23)28)20(26)15-7-6-14(31-3)10-12(15)2/h5-8,10-11,19,25-26H,4,9H2,1-3H3/b20-18-. The summed E-state index contributed by atoms with van der Waals surface area (Å²) in [6.07, 6.45) is 0.533. The summed E-state index contributed by atoms with van der Waals surface area (Å²) in [7, 11) is 1.50. The molecule has 0 spiro atoms. The van der Waals surface area contributed by atoms with Crippen LogP contribution in [-0.2, 0) is 9.59 Å². The lowest BCUT2D eigenvalue weighted by Crippen LogP contribution is -2.30. The van der Waals surface area contributed by atoms with Gasteiger partial charge in [-0.1, -0.05) is 13.0 Å². The zero-order chi connectivity index (χ0) is 22.9. The van der Waals surface area contributed by atoms with Crippen LogP contribution in [0.5, 0.6) is 11.5 Å². The minimum Gasteiger partial charge on any atom is -0.507 e. The number of hydrogen-bond donors (Lipinski definition) is 2. The van der Waals surface area contributed by atoms with Crippen LogP contribution in [0.1, 0.15) is 36.1 Å². The lowest BCUT2D eigenvalue weighted by atomic mass is 9.93. The molecule has 9 nitrogen and oxygen atoms in total. The van der Waals surface area contributed by atoms with Gasteiger partial charge in [-0.15, -0.1) is 0 Å². The van der Waals surface area contributed by atoms with Crippen molar-refractivity contribution < 1.29 is 29.5 Å². The zero-order valence-electron chi connectivity index (χ0n) is 17.3. The van der Waals surface area contributed by atoms with E-state index >= 15 is 0 Å². The fourth-order valence-corrected chi connectivity index (χ4v) is 3.73. The second-order valence-corrected chi connectivity index (χ2v) is 7.18. The number of rotatable bonds is 6. The van der Waals surface area contributed by atoms with Crippen LogP contribution in [0.25, 0.3) is 5.76 Å². The Morgan fingerprint density at radius 1 is 1.23 bits per heavy atom. The number of nitrogens with zero attached hydrogens (tertiary/aromatic N) is 2. The topological polar surface area (TPSA) is 130 Å². The Hall–Kier alpha value is -3.88. The predicted molar refractivity (Wildman–Crippen MR) is 112 cm³/mol. The number of aryl methyl sites for hydroxylation is 1. The molecule has 1 fully saturated rings. The molecule has 2 N–H and O–H groups in total. The molecular formula is C22H22N2O7. The number of amides is 1. The van der Waals surface area contributed by atoms with Gasteiger partial charge in [0, 0.05) is 18.2 Å². The molecule has 1 saturated heterocycles. The Bertz CT molecular complexity index is 1110. The van der Waals surface area contributed by atoms with Gasteiger partial charge in [0.05, 0.1) is 23.6 Å². The molecule has 1 aliphatic rings. The van der Waals surface area contributed by atoms with Gasteiger partial charge < -0.3 is 19.8 Å². The van der Waals surface area contributed by atoms with Crippen molar-refractivity contribution in [2.75, 3.05) is 13.7 Å². The summed E-state index contributed by atoms with van der Waals surface area (Å²) in [5.41, 5.74) is 0.485. The average molecular weight is 426 g/mol. The van der Waals surface area contributed by atoms with Crippen LogP contribution in [0.4, 0.5) is 5.69 Å². The molecule has 2 aromatic carbocycles. The Kier molecular flexibility index (Phi) is 5.96. The largest absolute Gasteiger partial charge is 0.507 e. The Morgan fingerprint density at radius 2 is 1.94 bits per heavy atom. The maximum Gasteiger partial charge on any atom is 0.311 e. The van der Waals surface area contributed by atoms with E-state index in [9.17, 15) is 29.9 Å². The number of likely N-dealkylation sites (tertiary alicyclic amines) is 1. The Balaban J connectivity index is 2.25. The van der Waals surface area contributed by atoms with Crippen LogP contribution in [-0.4, -0.2) is 45.4 Å². The van der Waals surface area contributed by atoms with Gasteiger partial charge in [-0.25, -0.2) is 0 Å². The van der Waals surface area contributed by atoms with Crippen molar-refractivity contribution in [3.8, 4) is 11.5 Å². The first-order valence-corrected chi connectivity index (χ1v) is 9.62. The van der Waals surface area contributed by atoms with Crippen LogP contribution in [0.2, 0.25) is 0 Å². The van der Waals surface area contributed by atoms with Gasteiger partial charge in [0.15, 0.2) is 5.75 Å². The van der Waals surface area contributed by atoms with E-state index in [1.165, 1.54) is 18.1 Å². The second kappa shape index (κ2) is 8.47. The first-order chi connectivity index (χ1) is 14.7. The number of aromatic hydroxyl groups is 1. The van der Waals surface area contributed by atoms with E-state index in [2.05, 4.69) is 0 Å². The van der Waals surface area contributed by atoms with Crippen molar-refractivity contribution >= 4 is 23.1 Å². The lowest BCUT2D eigenvalue weighted by molar-refractivity contribution is -0.385. The fraction of sp³-hybridized carbons (Fsp3) is 0.273. The minimum atomic E-state index is -1.03. The molecule has 9 heteroatoms. The van der Waals surface area contributed by atoms with Gasteiger partial charge in [0.2, 0.25) is 0 Å². The normalized spacial score (nSPS) is 17.8. The maximum absolute atomic E-state index is 12.9. The number of aliphatic hydroxyl groups is 1. The SMILES string of the molecule is CCCN1C(=O)C(=O)/C(=C(\O)c2ccc(OC)cc2C)C1c1ccc(O)c([N+](=O)[O-])c1. The summed E-state index contributed by atoms with van der Waals surface area (Å²) in [5, 5.41) is 32.1. The number of carbonyl (C=O) groups is 2. The van der Waals surface area contributed by atoms with Crippen molar-refractivity contribution in [3.05, 3.63) is 68.8 Å². The van der Waals surface area contributed by atoms with E-state index in [4.69, 9.17) is 4.74 Å². The number of methoxy groups -OCH3 is 1. The van der Waals surface area contributed by atoms with Crippen LogP contribution >= 0.6 is 0 Å². The summed E-state index contributed by atoms with van der Waals surface area (Å²) in [6.45, 7) is 3.76. The third-order valence-electron chi connectivity index (χ3n) is 5.21. The summed E-state index contributed by atoms with van der Waals surface area (Å²) in [5.74, 6) is -2.02. The van der Waals surface area contributed by atoms with Gasteiger partial charge in [-0.05, 0) is 48.7 Å². The molecule has 0 radical (unpaired) electrons. The molecule has 1 aliphatic heterocycles. The molecule has 0 aliphatic carbocycles. The van der Waals surface area contributed by atoms with Gasteiger partial charge in [0.1, 0.15) is 11.5 Å². The molecule has 1 heterocycles. The highest BCUT2D eigenvalue weighted by atomic mass is 16.6. The summed E-state index contributed by atoms with van der Waals surface area (Å²) in [6, 6.07) is 7.49. The molecule has 0 bridgehead atoms. The molecule has 1 amide bonds. The minimum absolute atomic E-state index is 0.160. The van der Waals surface area contributed by atoms with Gasteiger partial charge in [-0.3, -0.25) is 19.7 Å². The number of hydrogen-bond acceptors (Lipinski definition) is 7. The van der Waals surface area contributed by atoms with Crippen molar-refractivity contribution in [3.63, 3.8) is 0 Å². The first kappa shape index (κ1) is 21.8. The molecule has 0 saturated carbocycles. The van der Waals surface area contributed by atoms with Gasteiger partial charge in [0.25, 0.3) is 11.7 Å². The van der Waals surface area contributed by atoms with E-state index < -0.39 is 34.1 Å². The highest BCUT2D eigenvalue weighted by molar-refractivity contribution is 6.46. The maximum atomic E-state index is 12.9. The van der Waals surface area contributed by atoms with Crippen LogP contribution in [0.15, 0.2) is 42.0 Å². The molecule has 31 heavy (non-hydrogen) atoms. The molecule has 162 valence electrons. The van der Waals surface area contributed by atoms with Crippen LogP contribution < -0.4 is 4.74 Å². The number of carbonyl (C=O) groups excluding carboxylic acids is 2. The van der Waals surface area contributed by atoms with Gasteiger partial charge in [-0.2, -0.15) is 0 Å². The molecule has 1 unspecified atom stereocenters. The second-order valence-electron chi connectivity index (χ2n) is 7.18. The fourth-order valence-electron chi connectivity index (χ4n) is 3.73. The van der Waals surface area contributed by atoms with Gasteiger partial charge >= 0.3 is 5.69 Å². The van der Waals surface area contributed by atoms with E-state index in [-0.39, 0.29) is 23.4 Å². The third kappa shape index (κ3) is 3.81. The number of phenolic OH excluding ortho intramolecular Hbond substituents is 1. The number of aliphatic hydroxyl groups excluding tert-OH is 1. The van der Waals surface area contributed by atoms with Crippen molar-refractivity contribution in [1.29, 1.82) is 0 Å². The lowest BCUT2D eigenvalue weighted by Gasteiger charge is -2.25. The van der Waals surface area contributed by atoms with Crippen molar-refractivity contribution in [2.45, 2.75) is 26.3 Å². The summed E-state index contributed by atoms with van der Waals surface area (Å²) < 4.78 is 5.17. The zero-order valence-corrected chi connectivity index (χ0v) is 17.3. The number of ketones is 1. The summed E-state index contributed by atoms with van der Waals surface area (Å²) >= 11 is 0. The monoisotopic (exact) mass is 426 g/mol. The Labute approximate surface area is 178 Å². The van der Waals surface area contributed by atoms with Crippen LogP contribution in [0.3, 0.4) is 0 Å². The number of nitro groups is 1. The van der Waals surface area contributed by atoms with Crippen LogP contribution in [0, 0.1) is 17.0 Å². The van der Waals surface area contributed by atoms with E-state index in [1.54, 1.807) is 25.1 Å². The smallest absolute Gasteiger partial charge is 0.311 e. The number of phenols is 1. The third-order valence-corrected chi connectivity index (χ3v) is 5.21. The molecule has 0 aromatic heterocycles. The highest BCUT2D eigenvalue weighted by Crippen LogP contribution is 2.42. The highest BCUT2D eigenvalue weighted by Gasteiger charge is 2.46. The number of ether oxygens (including phenoxy) is 1. The number of nitro benzene ring substituents is 1. The molecule has 3 rings (SSSR count). The van der Waals surface area contributed by atoms with Crippen molar-refractivity contribution in [2.24, 2.45) is 0 Å². The Morgan fingerprint density at radius 3 is 2.52 bits per heavy atom. The molecule has 2 aromatic rings. The van der Waals surface area contributed by atoms with E-state index in [0.717, 1.165) is 12.1 Å². The number of benzene rings is 2. The molecular weight excluding hydrogens is 404 g/mol.